The highest BCUT2D eigenvalue weighted by Gasteiger charge is 2.04. The fraction of sp³-hybridized carbons (Fsp3) is 0.448. The second-order valence-electron chi connectivity index (χ2n) is 8.69. The molecule has 2 nitrogen and oxygen atoms in total. The van der Waals surface area contributed by atoms with Gasteiger partial charge in [-0.2, -0.15) is 0 Å². The molecule has 0 saturated carbocycles. The maximum Gasteiger partial charge on any atom is 0.0845 e. The molecule has 0 aromatic heterocycles. The molecular weight excluding hydrogens is 376 g/mol. The van der Waals surface area contributed by atoms with E-state index in [0.29, 0.717) is 0 Å². The summed E-state index contributed by atoms with van der Waals surface area (Å²) in [4.78, 5) is 9.83. The quantitative estimate of drug-likeness (QED) is 0.258. The van der Waals surface area contributed by atoms with Gasteiger partial charge < -0.3 is 0 Å². The lowest BCUT2D eigenvalue weighted by atomic mass is 10.1. The van der Waals surface area contributed by atoms with Gasteiger partial charge in [0.05, 0.1) is 22.8 Å². The van der Waals surface area contributed by atoms with Crippen molar-refractivity contribution in [3.05, 3.63) is 70.8 Å². The highest BCUT2D eigenvalue weighted by molar-refractivity contribution is 6.46. The number of hydrogen-bond acceptors (Lipinski definition) is 2. The molecule has 0 radical (unpaired) electrons. The molecule has 166 valence electrons. The van der Waals surface area contributed by atoms with E-state index in [1.165, 1.54) is 60.8 Å². The summed E-state index contributed by atoms with van der Waals surface area (Å²) in [6.07, 6.45) is 13.4. The molecule has 0 unspecified atom stereocenters. The molecule has 0 amide bonds. The first-order chi connectivity index (χ1) is 14.9. The van der Waals surface area contributed by atoms with Crippen LogP contribution < -0.4 is 0 Å². The summed E-state index contributed by atoms with van der Waals surface area (Å²) in [5.74, 6) is 0. The average molecular weight is 417 g/mol. The molecule has 0 saturated heterocycles. The molecule has 0 aliphatic carbocycles. The summed E-state index contributed by atoms with van der Waals surface area (Å²) in [7, 11) is 0. The Labute approximate surface area is 190 Å². The minimum absolute atomic E-state index is 0.937. The van der Waals surface area contributed by atoms with Gasteiger partial charge in [-0.1, -0.05) is 57.2 Å². The van der Waals surface area contributed by atoms with Crippen molar-refractivity contribution >= 4 is 22.8 Å². The Morgan fingerprint density at radius 3 is 1.84 bits per heavy atom. The predicted molar refractivity (Wildman–Crippen MR) is 139 cm³/mol. The maximum absolute atomic E-state index is 4.95. The highest BCUT2D eigenvalue weighted by atomic mass is 14.8. The number of aliphatic imine (C=N–C) groups is 2. The van der Waals surface area contributed by atoms with Crippen molar-refractivity contribution in [1.29, 1.82) is 0 Å². The van der Waals surface area contributed by atoms with E-state index in [1.807, 2.05) is 0 Å². The zero-order valence-electron chi connectivity index (χ0n) is 20.5. The summed E-state index contributed by atoms with van der Waals surface area (Å²) >= 11 is 0. The molecule has 2 aromatic carbocycles. The fourth-order valence-corrected chi connectivity index (χ4v) is 3.46. The SMILES string of the molecule is CCCCCCCC/C=C/C(=Nc1ccc(C)c(C)c1)C(C)=Nc1ccc(C)c(C)c1. The van der Waals surface area contributed by atoms with Gasteiger partial charge in [0, 0.05) is 0 Å². The van der Waals surface area contributed by atoms with Gasteiger partial charge in [0.2, 0.25) is 0 Å². The standard InChI is InChI=1S/C29H40N2/c1-7-8-9-10-11-12-13-14-15-29(31-28-19-17-23(3)25(5)21-28)26(6)30-27-18-16-22(2)24(4)20-27/h14-21H,7-13H2,1-6H3/b15-14+,30-26?,31-29?. The van der Waals surface area contributed by atoms with E-state index in [1.54, 1.807) is 0 Å². The van der Waals surface area contributed by atoms with E-state index < -0.39 is 0 Å². The number of nitrogens with zero attached hydrogens (tertiary/aromatic N) is 2. The van der Waals surface area contributed by atoms with Crippen molar-refractivity contribution in [2.45, 2.75) is 86.5 Å². The fourth-order valence-electron chi connectivity index (χ4n) is 3.46. The van der Waals surface area contributed by atoms with Gasteiger partial charge >= 0.3 is 0 Å². The summed E-state index contributed by atoms with van der Waals surface area (Å²) in [5.41, 5.74) is 8.96. The number of rotatable bonds is 11. The zero-order valence-corrected chi connectivity index (χ0v) is 20.5. The van der Waals surface area contributed by atoms with Crippen LogP contribution in [0.15, 0.2) is 58.5 Å². The molecule has 0 aliphatic heterocycles. The van der Waals surface area contributed by atoms with Crippen molar-refractivity contribution in [1.82, 2.24) is 0 Å². The number of benzene rings is 2. The molecule has 0 fully saturated rings. The highest BCUT2D eigenvalue weighted by Crippen LogP contribution is 2.20. The molecule has 2 heteroatoms. The van der Waals surface area contributed by atoms with Gasteiger partial charge in [-0.15, -0.1) is 0 Å². The van der Waals surface area contributed by atoms with Crippen molar-refractivity contribution < 1.29 is 0 Å². The molecule has 0 atom stereocenters. The van der Waals surface area contributed by atoms with Crippen LogP contribution in [0.3, 0.4) is 0 Å². The van der Waals surface area contributed by atoms with Gasteiger partial charge in [0.15, 0.2) is 0 Å². The van der Waals surface area contributed by atoms with Crippen LogP contribution in [0.5, 0.6) is 0 Å². The smallest absolute Gasteiger partial charge is 0.0845 e. The lowest BCUT2D eigenvalue weighted by molar-refractivity contribution is 0.611. The van der Waals surface area contributed by atoms with Crippen LogP contribution >= 0.6 is 0 Å². The Morgan fingerprint density at radius 2 is 1.26 bits per heavy atom. The lowest BCUT2D eigenvalue weighted by Gasteiger charge is -2.06. The second kappa shape index (κ2) is 13.0. The van der Waals surface area contributed by atoms with Crippen LogP contribution in [-0.4, -0.2) is 11.4 Å². The van der Waals surface area contributed by atoms with Gasteiger partial charge in [0.25, 0.3) is 0 Å². The summed E-state index contributed by atoms with van der Waals surface area (Å²) < 4.78 is 0. The van der Waals surface area contributed by atoms with Crippen LogP contribution in [0, 0.1) is 27.7 Å². The number of unbranched alkanes of at least 4 members (excludes halogenated alkanes) is 6. The Hall–Kier alpha value is -2.48. The number of aryl methyl sites for hydroxylation is 4. The molecule has 0 N–H and O–H groups in total. The molecule has 0 heterocycles. The van der Waals surface area contributed by atoms with Crippen LogP contribution in [-0.2, 0) is 0 Å². The first kappa shape index (κ1) is 24.8. The molecule has 2 rings (SSSR count). The molecule has 0 bridgehead atoms. The second-order valence-corrected chi connectivity index (χ2v) is 8.69. The Kier molecular flexibility index (Phi) is 10.4. The minimum Gasteiger partial charge on any atom is -0.252 e. The van der Waals surface area contributed by atoms with Crippen molar-refractivity contribution in [3.63, 3.8) is 0 Å². The monoisotopic (exact) mass is 416 g/mol. The van der Waals surface area contributed by atoms with E-state index in [0.717, 1.165) is 29.2 Å². The third-order valence-corrected chi connectivity index (χ3v) is 5.90. The predicted octanol–water partition coefficient (Wildman–Crippen LogP) is 9.09. The van der Waals surface area contributed by atoms with Crippen molar-refractivity contribution in [2.24, 2.45) is 9.98 Å². The van der Waals surface area contributed by atoms with Gasteiger partial charge in [-0.25, -0.2) is 4.99 Å². The maximum atomic E-state index is 4.95. The van der Waals surface area contributed by atoms with E-state index >= 15 is 0 Å². The van der Waals surface area contributed by atoms with Crippen LogP contribution in [0.25, 0.3) is 0 Å². The van der Waals surface area contributed by atoms with Crippen molar-refractivity contribution in [3.8, 4) is 0 Å². The minimum atomic E-state index is 0.937. The third-order valence-electron chi connectivity index (χ3n) is 5.90. The Morgan fingerprint density at radius 1 is 0.710 bits per heavy atom. The zero-order chi connectivity index (χ0) is 22.6. The largest absolute Gasteiger partial charge is 0.252 e. The molecular formula is C29H40N2. The average Bonchev–Trinajstić information content (AvgIpc) is 2.74. The topological polar surface area (TPSA) is 24.7 Å². The van der Waals surface area contributed by atoms with E-state index in [4.69, 9.17) is 9.98 Å². The van der Waals surface area contributed by atoms with Gasteiger partial charge in [0.1, 0.15) is 0 Å². The van der Waals surface area contributed by atoms with E-state index in [2.05, 4.69) is 90.1 Å². The first-order valence-corrected chi connectivity index (χ1v) is 11.9. The van der Waals surface area contributed by atoms with Crippen LogP contribution in [0.1, 0.15) is 81.0 Å². The number of hydrogen-bond donors (Lipinski definition) is 0. The van der Waals surface area contributed by atoms with Crippen LogP contribution in [0.4, 0.5) is 11.4 Å². The third kappa shape index (κ3) is 8.65. The van der Waals surface area contributed by atoms with Crippen molar-refractivity contribution in [2.75, 3.05) is 0 Å². The van der Waals surface area contributed by atoms with E-state index in [9.17, 15) is 0 Å². The van der Waals surface area contributed by atoms with Gasteiger partial charge in [-0.05, 0) is 100 Å². The molecule has 2 aromatic rings. The molecule has 0 spiro atoms. The normalized spacial score (nSPS) is 12.7. The van der Waals surface area contributed by atoms with E-state index in [-0.39, 0.29) is 0 Å². The Bertz CT molecular complexity index is 932. The molecule has 31 heavy (non-hydrogen) atoms. The van der Waals surface area contributed by atoms with Crippen LogP contribution in [0.2, 0.25) is 0 Å². The summed E-state index contributed by atoms with van der Waals surface area (Å²) in [6.45, 7) is 12.9. The summed E-state index contributed by atoms with van der Waals surface area (Å²) in [6, 6.07) is 12.7. The first-order valence-electron chi connectivity index (χ1n) is 11.9. The Balaban J connectivity index is 2.19. The number of allylic oxidation sites excluding steroid dienone is 2. The summed E-state index contributed by atoms with van der Waals surface area (Å²) in [5, 5.41) is 0. The molecule has 0 aliphatic rings. The van der Waals surface area contributed by atoms with Gasteiger partial charge in [-0.3, -0.25) is 4.99 Å². The lowest BCUT2D eigenvalue weighted by Crippen LogP contribution is -2.07.